The molecule has 0 amide bonds. The molecule has 0 atom stereocenters. The minimum absolute atomic E-state index is 0.330. The van der Waals surface area contributed by atoms with Gasteiger partial charge in [0.15, 0.2) is 0 Å². The van der Waals surface area contributed by atoms with Crippen molar-refractivity contribution in [2.45, 2.75) is 0 Å². The number of hydrogen-bond donors (Lipinski definition) is 0. The van der Waals surface area contributed by atoms with Crippen molar-refractivity contribution in [3.8, 4) is 16.9 Å². The lowest BCUT2D eigenvalue weighted by molar-refractivity contribution is 0.134. The Morgan fingerprint density at radius 3 is 2.56 bits per heavy atom. The minimum atomic E-state index is -0.330. The smallest absolute Gasteiger partial charge is 0.344 e. The summed E-state index contributed by atoms with van der Waals surface area (Å²) >= 11 is 0. The number of ether oxygens (including phenoxy) is 1. The molecule has 0 radical (unpaired) electrons. The van der Waals surface area contributed by atoms with Gasteiger partial charge in [-0.25, -0.2) is 4.79 Å². The van der Waals surface area contributed by atoms with Crippen LogP contribution >= 0.6 is 0 Å². The van der Waals surface area contributed by atoms with Crippen LogP contribution in [0.2, 0.25) is 0 Å². The second-order valence-corrected chi connectivity index (χ2v) is 7.01. The molecule has 1 fully saturated rings. The summed E-state index contributed by atoms with van der Waals surface area (Å²) in [7, 11) is 2.15. The molecule has 0 saturated carbocycles. The van der Waals surface area contributed by atoms with Gasteiger partial charge in [0.2, 0.25) is 0 Å². The summed E-state index contributed by atoms with van der Waals surface area (Å²) in [6.07, 6.45) is 0. The monoisotopic (exact) mass is 364 g/mol. The zero-order valence-corrected chi connectivity index (χ0v) is 15.6. The van der Waals surface area contributed by atoms with E-state index in [-0.39, 0.29) is 5.63 Å². The molecular weight excluding hydrogens is 340 g/mol. The van der Waals surface area contributed by atoms with E-state index < -0.39 is 0 Å². The molecule has 0 aliphatic carbocycles. The van der Waals surface area contributed by atoms with E-state index in [1.54, 1.807) is 6.07 Å². The first-order chi connectivity index (χ1) is 13.2. The third-order valence-electron chi connectivity index (χ3n) is 5.06. The quantitative estimate of drug-likeness (QED) is 0.651. The second kappa shape index (κ2) is 7.94. The number of piperazine rings is 1. The van der Waals surface area contributed by atoms with Crippen molar-refractivity contribution in [3.05, 3.63) is 65.0 Å². The average Bonchev–Trinajstić information content (AvgIpc) is 2.69. The van der Waals surface area contributed by atoms with Crippen LogP contribution in [0.25, 0.3) is 22.1 Å². The van der Waals surface area contributed by atoms with Crippen molar-refractivity contribution < 1.29 is 9.15 Å². The van der Waals surface area contributed by atoms with Crippen LogP contribution < -0.4 is 10.4 Å². The fraction of sp³-hybridized carbons (Fsp3) is 0.318. The van der Waals surface area contributed by atoms with Gasteiger partial charge in [-0.2, -0.15) is 0 Å². The van der Waals surface area contributed by atoms with E-state index in [1.165, 1.54) is 0 Å². The Morgan fingerprint density at radius 1 is 1.00 bits per heavy atom. The Labute approximate surface area is 158 Å². The fourth-order valence-corrected chi connectivity index (χ4v) is 3.36. The minimum Gasteiger partial charge on any atom is -0.492 e. The highest BCUT2D eigenvalue weighted by molar-refractivity contribution is 5.82. The van der Waals surface area contributed by atoms with E-state index in [4.69, 9.17) is 9.15 Å². The van der Waals surface area contributed by atoms with Crippen LogP contribution in [0.5, 0.6) is 5.75 Å². The second-order valence-electron chi connectivity index (χ2n) is 7.01. The standard InChI is InChI=1S/C22H24N2O3/c1-23-9-11-24(12-10-23)13-14-26-19-8-7-18-15-20(17-5-3-2-4-6-17)22(25)27-21(18)16-19/h2-8,15-16H,9-14H2,1H3. The zero-order chi connectivity index (χ0) is 18.6. The summed E-state index contributed by atoms with van der Waals surface area (Å²) in [4.78, 5) is 17.1. The van der Waals surface area contributed by atoms with Crippen LogP contribution in [0.3, 0.4) is 0 Å². The molecule has 0 N–H and O–H groups in total. The number of rotatable bonds is 5. The third kappa shape index (κ3) is 4.21. The molecule has 2 heterocycles. The van der Waals surface area contributed by atoms with Crippen LogP contribution in [-0.4, -0.2) is 56.2 Å². The van der Waals surface area contributed by atoms with E-state index in [1.807, 2.05) is 48.5 Å². The Kier molecular flexibility index (Phi) is 5.23. The molecule has 1 aromatic heterocycles. The Hall–Kier alpha value is -2.63. The van der Waals surface area contributed by atoms with Crippen LogP contribution in [-0.2, 0) is 0 Å². The van der Waals surface area contributed by atoms with Crippen molar-refractivity contribution >= 4 is 11.0 Å². The molecule has 2 aromatic carbocycles. The summed E-state index contributed by atoms with van der Waals surface area (Å²) in [5.41, 5.74) is 1.66. The topological polar surface area (TPSA) is 45.9 Å². The first kappa shape index (κ1) is 17.8. The first-order valence-electron chi connectivity index (χ1n) is 9.36. The molecule has 27 heavy (non-hydrogen) atoms. The van der Waals surface area contributed by atoms with Crippen LogP contribution in [0.4, 0.5) is 0 Å². The SMILES string of the molecule is CN1CCN(CCOc2ccc3cc(-c4ccccc4)c(=O)oc3c2)CC1. The molecule has 1 aliphatic rings. The first-order valence-corrected chi connectivity index (χ1v) is 9.36. The predicted octanol–water partition coefficient (Wildman–Crippen LogP) is 3.09. The molecule has 0 unspecified atom stereocenters. The van der Waals surface area contributed by atoms with Crippen LogP contribution in [0.15, 0.2) is 63.8 Å². The maximum absolute atomic E-state index is 12.4. The van der Waals surface area contributed by atoms with Gasteiger partial charge in [-0.05, 0) is 30.8 Å². The molecule has 140 valence electrons. The average molecular weight is 364 g/mol. The molecule has 5 nitrogen and oxygen atoms in total. The fourth-order valence-electron chi connectivity index (χ4n) is 3.36. The lowest BCUT2D eigenvalue weighted by atomic mass is 10.1. The molecule has 1 aliphatic heterocycles. The normalized spacial score (nSPS) is 15.9. The van der Waals surface area contributed by atoms with Gasteiger partial charge in [0.05, 0.1) is 5.56 Å². The van der Waals surface area contributed by atoms with Gasteiger partial charge in [-0.3, -0.25) is 4.90 Å². The molecule has 1 saturated heterocycles. The third-order valence-corrected chi connectivity index (χ3v) is 5.06. The maximum atomic E-state index is 12.4. The summed E-state index contributed by atoms with van der Waals surface area (Å²) in [5.74, 6) is 0.729. The van der Waals surface area contributed by atoms with E-state index >= 15 is 0 Å². The van der Waals surface area contributed by atoms with Crippen molar-refractivity contribution in [1.82, 2.24) is 9.80 Å². The number of benzene rings is 2. The van der Waals surface area contributed by atoms with Gasteiger partial charge in [0.1, 0.15) is 17.9 Å². The van der Waals surface area contributed by atoms with Gasteiger partial charge in [-0.15, -0.1) is 0 Å². The summed E-state index contributed by atoms with van der Waals surface area (Å²) < 4.78 is 11.4. The molecule has 3 aromatic rings. The molecule has 0 bridgehead atoms. The highest BCUT2D eigenvalue weighted by Crippen LogP contribution is 2.24. The van der Waals surface area contributed by atoms with Crippen molar-refractivity contribution in [3.63, 3.8) is 0 Å². The Balaban J connectivity index is 1.45. The Bertz CT molecular complexity index is 960. The molecule has 5 heteroatoms. The van der Waals surface area contributed by atoms with Gasteiger partial charge >= 0.3 is 5.63 Å². The highest BCUT2D eigenvalue weighted by Gasteiger charge is 2.13. The van der Waals surface area contributed by atoms with Gasteiger partial charge in [0.25, 0.3) is 0 Å². The van der Waals surface area contributed by atoms with Crippen LogP contribution in [0, 0.1) is 0 Å². The zero-order valence-electron chi connectivity index (χ0n) is 15.6. The van der Waals surface area contributed by atoms with Crippen molar-refractivity contribution in [1.29, 1.82) is 0 Å². The number of likely N-dealkylation sites (N-methyl/N-ethyl adjacent to an activating group) is 1. The summed E-state index contributed by atoms with van der Waals surface area (Å²) in [5, 5.41) is 0.889. The van der Waals surface area contributed by atoms with Crippen molar-refractivity contribution in [2.75, 3.05) is 46.4 Å². The van der Waals surface area contributed by atoms with E-state index in [0.29, 0.717) is 17.8 Å². The summed E-state index contributed by atoms with van der Waals surface area (Å²) in [6, 6.07) is 17.1. The number of fused-ring (bicyclic) bond motifs is 1. The highest BCUT2D eigenvalue weighted by atomic mass is 16.5. The van der Waals surface area contributed by atoms with E-state index in [9.17, 15) is 4.79 Å². The lowest BCUT2D eigenvalue weighted by Crippen LogP contribution is -2.45. The number of nitrogens with zero attached hydrogens (tertiary/aromatic N) is 2. The summed E-state index contributed by atoms with van der Waals surface area (Å²) in [6.45, 7) is 5.89. The van der Waals surface area contributed by atoms with Gasteiger partial charge in [-0.1, -0.05) is 30.3 Å². The molecule has 0 spiro atoms. The van der Waals surface area contributed by atoms with Crippen LogP contribution in [0.1, 0.15) is 0 Å². The lowest BCUT2D eigenvalue weighted by Gasteiger charge is -2.32. The van der Waals surface area contributed by atoms with E-state index in [0.717, 1.165) is 49.4 Å². The van der Waals surface area contributed by atoms with Gasteiger partial charge < -0.3 is 14.1 Å². The van der Waals surface area contributed by atoms with Crippen molar-refractivity contribution in [2.24, 2.45) is 0 Å². The number of hydrogen-bond acceptors (Lipinski definition) is 5. The molecular formula is C22H24N2O3. The Morgan fingerprint density at radius 2 is 1.78 bits per heavy atom. The van der Waals surface area contributed by atoms with E-state index in [2.05, 4.69) is 16.8 Å². The predicted molar refractivity (Wildman–Crippen MR) is 107 cm³/mol. The molecule has 4 rings (SSSR count). The largest absolute Gasteiger partial charge is 0.492 e. The van der Waals surface area contributed by atoms with Gasteiger partial charge in [0, 0.05) is 44.2 Å². The maximum Gasteiger partial charge on any atom is 0.344 e.